The molecular weight excluding hydrogens is 244 g/mol. The molecule has 1 rings (SSSR count). The minimum Gasteiger partial charge on any atom is -0.393 e. The molecular formula is C14H28N2O3. The zero-order valence-electron chi connectivity index (χ0n) is 12.6. The van der Waals surface area contributed by atoms with Crippen molar-refractivity contribution in [2.24, 2.45) is 5.41 Å². The van der Waals surface area contributed by atoms with E-state index in [2.05, 4.69) is 10.6 Å². The number of carbonyl (C=O) groups is 1. The minimum absolute atomic E-state index is 0.110. The topological polar surface area (TPSA) is 70.6 Å². The normalized spacial score (nSPS) is 19.4. The van der Waals surface area contributed by atoms with E-state index >= 15 is 0 Å². The number of ether oxygens (including phenoxy) is 1. The Morgan fingerprint density at radius 1 is 1.42 bits per heavy atom. The Hall–Kier alpha value is -0.810. The minimum atomic E-state index is -0.355. The van der Waals surface area contributed by atoms with Crippen molar-refractivity contribution in [2.45, 2.75) is 58.2 Å². The molecule has 2 amide bonds. The Labute approximate surface area is 116 Å². The summed E-state index contributed by atoms with van der Waals surface area (Å²) in [7, 11) is 1.70. The molecule has 0 saturated heterocycles. The van der Waals surface area contributed by atoms with Gasteiger partial charge in [0.2, 0.25) is 0 Å². The monoisotopic (exact) mass is 272 g/mol. The van der Waals surface area contributed by atoms with E-state index in [0.29, 0.717) is 19.5 Å². The fourth-order valence-corrected chi connectivity index (χ4v) is 2.52. The Balaban J connectivity index is 2.24. The van der Waals surface area contributed by atoms with Gasteiger partial charge >= 0.3 is 6.03 Å². The van der Waals surface area contributed by atoms with Crippen LogP contribution in [-0.4, -0.2) is 43.0 Å². The third-order valence-electron chi connectivity index (χ3n) is 3.84. The maximum Gasteiger partial charge on any atom is 0.314 e. The SMILES string of the molecule is COC1(CNC(=O)NCC(C)(C)CC(C)O)CCC1. The Morgan fingerprint density at radius 3 is 2.47 bits per heavy atom. The Kier molecular flexibility index (Phi) is 5.62. The van der Waals surface area contributed by atoms with Crippen molar-refractivity contribution in [2.75, 3.05) is 20.2 Å². The van der Waals surface area contributed by atoms with Gasteiger partial charge in [-0.3, -0.25) is 0 Å². The summed E-state index contributed by atoms with van der Waals surface area (Å²) in [4.78, 5) is 11.7. The first-order chi connectivity index (χ1) is 8.79. The predicted molar refractivity (Wildman–Crippen MR) is 75.1 cm³/mol. The summed E-state index contributed by atoms with van der Waals surface area (Å²) in [6, 6.07) is -0.165. The number of aliphatic hydroxyl groups is 1. The smallest absolute Gasteiger partial charge is 0.314 e. The van der Waals surface area contributed by atoms with E-state index in [1.165, 1.54) is 6.42 Å². The van der Waals surface area contributed by atoms with Crippen LogP contribution in [0.4, 0.5) is 4.79 Å². The first kappa shape index (κ1) is 16.2. The molecule has 0 aromatic carbocycles. The lowest BCUT2D eigenvalue weighted by molar-refractivity contribution is -0.0674. The number of nitrogens with one attached hydrogen (secondary N) is 2. The molecule has 112 valence electrons. The summed E-state index contributed by atoms with van der Waals surface area (Å²) in [5.41, 5.74) is -0.257. The molecule has 0 heterocycles. The quantitative estimate of drug-likeness (QED) is 0.660. The molecule has 1 aliphatic rings. The first-order valence-electron chi connectivity index (χ1n) is 7.04. The molecule has 5 heteroatoms. The maximum atomic E-state index is 11.7. The van der Waals surface area contributed by atoms with E-state index < -0.39 is 0 Å². The second kappa shape index (κ2) is 6.57. The lowest BCUT2D eigenvalue weighted by Crippen LogP contribution is -2.52. The third kappa shape index (κ3) is 5.37. The highest BCUT2D eigenvalue weighted by molar-refractivity contribution is 5.73. The summed E-state index contributed by atoms with van der Waals surface area (Å²) in [6.45, 7) is 6.93. The second-order valence-electron chi connectivity index (χ2n) is 6.49. The highest BCUT2D eigenvalue weighted by Gasteiger charge is 2.37. The molecule has 0 spiro atoms. The molecule has 19 heavy (non-hydrogen) atoms. The maximum absolute atomic E-state index is 11.7. The number of hydrogen-bond donors (Lipinski definition) is 3. The summed E-state index contributed by atoms with van der Waals surface area (Å²) in [5.74, 6) is 0. The number of urea groups is 1. The van der Waals surface area contributed by atoms with Gasteiger partial charge in [-0.05, 0) is 38.0 Å². The van der Waals surface area contributed by atoms with Gasteiger partial charge < -0.3 is 20.5 Å². The van der Waals surface area contributed by atoms with E-state index in [1.807, 2.05) is 13.8 Å². The average Bonchev–Trinajstić information content (AvgIpc) is 2.24. The third-order valence-corrected chi connectivity index (χ3v) is 3.84. The zero-order chi connectivity index (χ0) is 14.5. The summed E-state index contributed by atoms with van der Waals surface area (Å²) in [5, 5.41) is 15.1. The number of aliphatic hydroxyl groups excluding tert-OH is 1. The predicted octanol–water partition coefficient (Wildman–Crippen LogP) is 1.65. The van der Waals surface area contributed by atoms with Crippen LogP contribution in [0.3, 0.4) is 0 Å². The van der Waals surface area contributed by atoms with Crippen molar-refractivity contribution in [3.8, 4) is 0 Å². The molecule has 5 nitrogen and oxygen atoms in total. The van der Waals surface area contributed by atoms with Crippen molar-refractivity contribution < 1.29 is 14.6 Å². The van der Waals surface area contributed by atoms with Gasteiger partial charge in [0.05, 0.1) is 11.7 Å². The van der Waals surface area contributed by atoms with Crippen molar-refractivity contribution in [1.29, 1.82) is 0 Å². The molecule has 1 saturated carbocycles. The van der Waals surface area contributed by atoms with Crippen molar-refractivity contribution in [1.82, 2.24) is 10.6 Å². The molecule has 1 atom stereocenters. The first-order valence-corrected chi connectivity index (χ1v) is 7.04. The van der Waals surface area contributed by atoms with Gasteiger partial charge in [0.25, 0.3) is 0 Å². The van der Waals surface area contributed by atoms with E-state index in [1.54, 1.807) is 14.0 Å². The molecule has 1 aliphatic carbocycles. The van der Waals surface area contributed by atoms with E-state index in [0.717, 1.165) is 12.8 Å². The fraction of sp³-hybridized carbons (Fsp3) is 0.929. The average molecular weight is 272 g/mol. The van der Waals surface area contributed by atoms with E-state index in [9.17, 15) is 9.90 Å². The molecule has 1 fully saturated rings. The van der Waals surface area contributed by atoms with Gasteiger partial charge in [-0.1, -0.05) is 13.8 Å². The molecule has 0 bridgehead atoms. The molecule has 3 N–H and O–H groups in total. The molecule has 0 aromatic rings. The van der Waals surface area contributed by atoms with Crippen molar-refractivity contribution >= 4 is 6.03 Å². The standard InChI is InChI=1S/C14H28N2O3/c1-11(17)8-13(2,3)9-15-12(18)16-10-14(19-4)6-5-7-14/h11,17H,5-10H2,1-4H3,(H2,15,16,18). The van der Waals surface area contributed by atoms with Crippen LogP contribution in [0.25, 0.3) is 0 Å². The lowest BCUT2D eigenvalue weighted by atomic mass is 9.80. The van der Waals surface area contributed by atoms with Gasteiger partial charge in [-0.15, -0.1) is 0 Å². The summed E-state index contributed by atoms with van der Waals surface area (Å²) < 4.78 is 5.45. The van der Waals surface area contributed by atoms with Crippen LogP contribution >= 0.6 is 0 Å². The Morgan fingerprint density at radius 2 is 2.05 bits per heavy atom. The number of rotatable bonds is 7. The van der Waals surface area contributed by atoms with Gasteiger partial charge in [0.1, 0.15) is 0 Å². The van der Waals surface area contributed by atoms with Crippen LogP contribution < -0.4 is 10.6 Å². The van der Waals surface area contributed by atoms with Crippen molar-refractivity contribution in [3.05, 3.63) is 0 Å². The van der Waals surface area contributed by atoms with Crippen LogP contribution in [0, 0.1) is 5.41 Å². The van der Waals surface area contributed by atoms with Gasteiger partial charge in [-0.2, -0.15) is 0 Å². The van der Waals surface area contributed by atoms with Crippen molar-refractivity contribution in [3.63, 3.8) is 0 Å². The lowest BCUT2D eigenvalue weighted by Gasteiger charge is -2.40. The van der Waals surface area contributed by atoms with Crippen LogP contribution in [0.2, 0.25) is 0 Å². The number of methoxy groups -OCH3 is 1. The second-order valence-corrected chi connectivity index (χ2v) is 6.49. The largest absolute Gasteiger partial charge is 0.393 e. The molecule has 0 aliphatic heterocycles. The van der Waals surface area contributed by atoms with Gasteiger partial charge in [-0.25, -0.2) is 4.79 Å². The van der Waals surface area contributed by atoms with Gasteiger partial charge in [0, 0.05) is 20.2 Å². The van der Waals surface area contributed by atoms with Gasteiger partial charge in [0.15, 0.2) is 0 Å². The summed E-state index contributed by atoms with van der Waals surface area (Å²) >= 11 is 0. The van der Waals surface area contributed by atoms with Crippen LogP contribution in [-0.2, 0) is 4.74 Å². The highest BCUT2D eigenvalue weighted by atomic mass is 16.5. The van der Waals surface area contributed by atoms with Crippen LogP contribution in [0.15, 0.2) is 0 Å². The fourth-order valence-electron chi connectivity index (χ4n) is 2.52. The molecule has 0 aromatic heterocycles. The van der Waals surface area contributed by atoms with E-state index in [-0.39, 0.29) is 23.2 Å². The number of amides is 2. The Bertz CT molecular complexity index is 294. The molecule has 1 unspecified atom stereocenters. The van der Waals surface area contributed by atoms with E-state index in [4.69, 9.17) is 4.74 Å². The number of hydrogen-bond acceptors (Lipinski definition) is 3. The molecule has 0 radical (unpaired) electrons. The number of carbonyl (C=O) groups excluding carboxylic acids is 1. The summed E-state index contributed by atoms with van der Waals surface area (Å²) in [6.07, 6.45) is 3.49. The highest BCUT2D eigenvalue weighted by Crippen LogP contribution is 2.34. The van der Waals surface area contributed by atoms with Crippen LogP contribution in [0.1, 0.15) is 46.5 Å². The van der Waals surface area contributed by atoms with Crippen LogP contribution in [0.5, 0.6) is 0 Å². The zero-order valence-corrected chi connectivity index (χ0v) is 12.6.